The van der Waals surface area contributed by atoms with Gasteiger partial charge in [-0.25, -0.2) is 0 Å². The molecule has 5 nitrogen and oxygen atoms in total. The van der Waals surface area contributed by atoms with Crippen molar-refractivity contribution >= 4 is 17.2 Å². The van der Waals surface area contributed by atoms with E-state index in [1.165, 1.54) is 4.88 Å². The summed E-state index contributed by atoms with van der Waals surface area (Å²) in [5.74, 6) is -0.0317. The first-order chi connectivity index (χ1) is 9.97. The van der Waals surface area contributed by atoms with Crippen LogP contribution < -0.4 is 5.32 Å². The Kier molecular flexibility index (Phi) is 5.14. The second-order valence-corrected chi connectivity index (χ2v) is 6.42. The fraction of sp³-hybridized carbons (Fsp3) is 0.467. The number of rotatable bonds is 7. The van der Waals surface area contributed by atoms with Crippen molar-refractivity contribution in [3.63, 3.8) is 0 Å². The first-order valence-corrected chi connectivity index (χ1v) is 7.86. The Labute approximate surface area is 128 Å². The van der Waals surface area contributed by atoms with E-state index in [2.05, 4.69) is 16.5 Å². The topological polar surface area (TPSA) is 67.2 Å². The maximum Gasteiger partial charge on any atom is 0.220 e. The molecule has 0 saturated carbocycles. The number of nitrogens with zero attached hydrogens (tertiary/aromatic N) is 2. The summed E-state index contributed by atoms with van der Waals surface area (Å²) in [6, 6.07) is 4.10. The molecule has 1 unspecified atom stereocenters. The fourth-order valence-electron chi connectivity index (χ4n) is 2.04. The Morgan fingerprint density at radius 1 is 1.57 bits per heavy atom. The van der Waals surface area contributed by atoms with Crippen LogP contribution in [0.2, 0.25) is 0 Å². The van der Waals surface area contributed by atoms with Crippen molar-refractivity contribution < 1.29 is 9.90 Å². The van der Waals surface area contributed by atoms with E-state index in [9.17, 15) is 9.90 Å². The van der Waals surface area contributed by atoms with Crippen molar-refractivity contribution in [2.45, 2.75) is 31.8 Å². The maximum atomic E-state index is 11.8. The van der Waals surface area contributed by atoms with Crippen LogP contribution in [-0.4, -0.2) is 27.3 Å². The largest absolute Gasteiger partial charge is 0.383 e. The van der Waals surface area contributed by atoms with Gasteiger partial charge >= 0.3 is 0 Å². The molecule has 1 atom stereocenters. The lowest BCUT2D eigenvalue weighted by atomic mass is 9.99. The lowest BCUT2D eigenvalue weighted by Crippen LogP contribution is -2.38. The zero-order chi connectivity index (χ0) is 15.3. The number of aliphatic hydroxyl groups is 1. The van der Waals surface area contributed by atoms with E-state index in [4.69, 9.17) is 0 Å². The molecular weight excluding hydrogens is 286 g/mol. The van der Waals surface area contributed by atoms with Crippen molar-refractivity contribution in [1.29, 1.82) is 0 Å². The van der Waals surface area contributed by atoms with Gasteiger partial charge in [-0.05, 0) is 31.2 Å². The SMILES string of the molecule is Cn1cc(C(C)(O)CNC(=O)CCCc2cccs2)cn1. The van der Waals surface area contributed by atoms with Gasteiger partial charge in [-0.3, -0.25) is 9.48 Å². The van der Waals surface area contributed by atoms with Crippen molar-refractivity contribution in [2.75, 3.05) is 6.54 Å². The summed E-state index contributed by atoms with van der Waals surface area (Å²) in [6.45, 7) is 1.87. The van der Waals surface area contributed by atoms with Crippen molar-refractivity contribution in [3.8, 4) is 0 Å². The number of nitrogens with one attached hydrogen (secondary N) is 1. The van der Waals surface area contributed by atoms with Crippen LogP contribution in [0.1, 0.15) is 30.2 Å². The average Bonchev–Trinajstić information content (AvgIpc) is 3.08. The van der Waals surface area contributed by atoms with Crippen LogP contribution >= 0.6 is 11.3 Å². The molecule has 0 spiro atoms. The summed E-state index contributed by atoms with van der Waals surface area (Å²) in [5, 5.41) is 19.2. The Hall–Kier alpha value is -1.66. The summed E-state index contributed by atoms with van der Waals surface area (Å²) >= 11 is 1.71. The second-order valence-electron chi connectivity index (χ2n) is 5.39. The van der Waals surface area contributed by atoms with Crippen LogP contribution in [0.3, 0.4) is 0 Å². The van der Waals surface area contributed by atoms with Gasteiger partial charge in [0.05, 0.1) is 12.7 Å². The van der Waals surface area contributed by atoms with E-state index in [1.807, 2.05) is 11.4 Å². The molecule has 0 aromatic carbocycles. The highest BCUT2D eigenvalue weighted by Gasteiger charge is 2.25. The van der Waals surface area contributed by atoms with Crippen LogP contribution in [0, 0.1) is 0 Å². The molecule has 0 radical (unpaired) electrons. The molecule has 2 aromatic rings. The lowest BCUT2D eigenvalue weighted by Gasteiger charge is -2.22. The highest BCUT2D eigenvalue weighted by molar-refractivity contribution is 7.09. The van der Waals surface area contributed by atoms with Crippen molar-refractivity contribution in [2.24, 2.45) is 7.05 Å². The summed E-state index contributed by atoms with van der Waals surface area (Å²) in [7, 11) is 1.79. The molecule has 1 amide bonds. The van der Waals surface area contributed by atoms with Crippen LogP contribution in [0.15, 0.2) is 29.9 Å². The molecule has 0 aliphatic rings. The predicted molar refractivity (Wildman–Crippen MR) is 83.0 cm³/mol. The van der Waals surface area contributed by atoms with Gasteiger partial charge in [0.15, 0.2) is 0 Å². The zero-order valence-corrected chi connectivity index (χ0v) is 13.2. The second kappa shape index (κ2) is 6.87. The standard InChI is InChI=1S/C15H21N3O2S/c1-15(20,12-9-17-18(2)10-12)11-16-14(19)7-3-5-13-6-4-8-21-13/h4,6,8-10,20H,3,5,7,11H2,1-2H3,(H,16,19). The molecule has 2 rings (SSSR count). The van der Waals surface area contributed by atoms with Crippen LogP contribution in [0.25, 0.3) is 0 Å². The van der Waals surface area contributed by atoms with Crippen molar-refractivity contribution in [1.82, 2.24) is 15.1 Å². The third-order valence-corrected chi connectivity index (χ3v) is 4.30. The molecule has 114 valence electrons. The van der Waals surface area contributed by atoms with Crippen LogP contribution in [0.5, 0.6) is 0 Å². The molecule has 2 N–H and O–H groups in total. The molecule has 0 aliphatic carbocycles. The van der Waals surface area contributed by atoms with Gasteiger partial charge in [-0.15, -0.1) is 11.3 Å². The van der Waals surface area contributed by atoms with Gasteiger partial charge in [0.2, 0.25) is 5.91 Å². The lowest BCUT2D eigenvalue weighted by molar-refractivity contribution is -0.122. The molecule has 2 aromatic heterocycles. The predicted octanol–water partition coefficient (Wildman–Crippen LogP) is 1.83. The monoisotopic (exact) mass is 307 g/mol. The minimum atomic E-state index is -1.10. The highest BCUT2D eigenvalue weighted by Crippen LogP contribution is 2.18. The molecular formula is C15H21N3O2S. The molecule has 0 fully saturated rings. The number of aromatic nitrogens is 2. The molecule has 21 heavy (non-hydrogen) atoms. The highest BCUT2D eigenvalue weighted by atomic mass is 32.1. The fourth-order valence-corrected chi connectivity index (χ4v) is 2.79. The summed E-state index contributed by atoms with van der Waals surface area (Å²) in [4.78, 5) is 13.1. The number of carbonyl (C=O) groups excluding carboxylic acids is 1. The number of hydrogen-bond donors (Lipinski definition) is 2. The van der Waals surface area contributed by atoms with Gasteiger partial charge in [0.25, 0.3) is 0 Å². The van der Waals surface area contributed by atoms with E-state index in [0.717, 1.165) is 12.8 Å². The quantitative estimate of drug-likeness (QED) is 0.820. The average molecular weight is 307 g/mol. The first kappa shape index (κ1) is 15.7. The summed E-state index contributed by atoms with van der Waals surface area (Å²) in [5.41, 5.74) is -0.401. The Morgan fingerprint density at radius 2 is 2.38 bits per heavy atom. The summed E-state index contributed by atoms with van der Waals surface area (Å²) in [6.07, 6.45) is 5.58. The molecule has 0 bridgehead atoms. The Balaban J connectivity index is 1.73. The number of carbonyl (C=O) groups is 1. The van der Waals surface area contributed by atoms with E-state index >= 15 is 0 Å². The molecule has 2 heterocycles. The molecule has 0 aliphatic heterocycles. The normalized spacial score (nSPS) is 13.9. The Morgan fingerprint density at radius 3 is 3.00 bits per heavy atom. The number of aryl methyl sites for hydroxylation is 2. The summed E-state index contributed by atoms with van der Waals surface area (Å²) < 4.78 is 1.63. The first-order valence-electron chi connectivity index (χ1n) is 6.98. The minimum Gasteiger partial charge on any atom is -0.383 e. The van der Waals surface area contributed by atoms with E-state index in [-0.39, 0.29) is 12.5 Å². The van der Waals surface area contributed by atoms with E-state index in [0.29, 0.717) is 12.0 Å². The smallest absolute Gasteiger partial charge is 0.220 e. The van der Waals surface area contributed by atoms with Crippen molar-refractivity contribution in [3.05, 3.63) is 40.3 Å². The molecule has 0 saturated heterocycles. The van der Waals surface area contributed by atoms with Crippen LogP contribution in [0.4, 0.5) is 0 Å². The minimum absolute atomic E-state index is 0.0317. The van der Waals surface area contributed by atoms with Gasteiger partial charge < -0.3 is 10.4 Å². The number of amides is 1. The third kappa shape index (κ3) is 4.68. The number of hydrogen-bond acceptors (Lipinski definition) is 4. The zero-order valence-electron chi connectivity index (χ0n) is 12.4. The van der Waals surface area contributed by atoms with Gasteiger partial charge in [-0.1, -0.05) is 6.07 Å². The van der Waals surface area contributed by atoms with Gasteiger partial charge in [-0.2, -0.15) is 5.10 Å². The number of thiophene rings is 1. The third-order valence-electron chi connectivity index (χ3n) is 3.36. The van der Waals surface area contributed by atoms with Gasteiger partial charge in [0, 0.05) is 30.1 Å². The van der Waals surface area contributed by atoms with E-state index < -0.39 is 5.60 Å². The Bertz CT molecular complexity index is 576. The maximum absolute atomic E-state index is 11.8. The molecule has 6 heteroatoms. The van der Waals surface area contributed by atoms with E-state index in [1.54, 1.807) is 42.4 Å². The van der Waals surface area contributed by atoms with Crippen LogP contribution in [-0.2, 0) is 23.9 Å². The van der Waals surface area contributed by atoms with Gasteiger partial charge in [0.1, 0.15) is 5.60 Å².